The molecule has 0 aromatic rings. The third-order valence-corrected chi connectivity index (χ3v) is 5.59. The zero-order valence-electron chi connectivity index (χ0n) is 14.2. The molecule has 5 atom stereocenters. The first-order chi connectivity index (χ1) is 11.1. The van der Waals surface area contributed by atoms with Gasteiger partial charge in [-0.2, -0.15) is 0 Å². The van der Waals surface area contributed by atoms with Crippen LogP contribution in [0.4, 0.5) is 0 Å². The molecule has 0 saturated carbocycles. The van der Waals surface area contributed by atoms with Gasteiger partial charge < -0.3 is 10.1 Å². The van der Waals surface area contributed by atoms with Crippen molar-refractivity contribution >= 4 is 5.71 Å². The van der Waals surface area contributed by atoms with Gasteiger partial charge >= 0.3 is 0 Å². The lowest BCUT2D eigenvalue weighted by molar-refractivity contribution is 0.0778. The van der Waals surface area contributed by atoms with Gasteiger partial charge in [-0.3, -0.25) is 4.99 Å². The van der Waals surface area contributed by atoms with Gasteiger partial charge in [-0.25, -0.2) is 0 Å². The van der Waals surface area contributed by atoms with Crippen LogP contribution in [0.1, 0.15) is 33.6 Å². The van der Waals surface area contributed by atoms with E-state index in [1.165, 1.54) is 11.3 Å². The lowest BCUT2D eigenvalue weighted by Gasteiger charge is -2.33. The molecule has 0 aromatic heterocycles. The molecule has 0 radical (unpaired) electrons. The fourth-order valence-corrected chi connectivity index (χ4v) is 4.11. The minimum atomic E-state index is 0.200. The number of hydrogen-bond donors (Lipinski definition) is 1. The Kier molecular flexibility index (Phi) is 3.67. The smallest absolute Gasteiger partial charge is 0.191 e. The number of rotatable bonds is 2. The lowest BCUT2D eigenvalue weighted by atomic mass is 9.75. The van der Waals surface area contributed by atoms with Crippen LogP contribution >= 0.6 is 0 Å². The van der Waals surface area contributed by atoms with Crippen LogP contribution in [0.15, 0.2) is 53.0 Å². The molecule has 0 fully saturated rings. The Balaban J connectivity index is 1.57. The molecule has 0 spiro atoms. The molecule has 23 heavy (non-hydrogen) atoms. The van der Waals surface area contributed by atoms with Crippen molar-refractivity contribution in [2.45, 2.75) is 45.8 Å². The van der Waals surface area contributed by atoms with Crippen molar-refractivity contribution in [1.29, 1.82) is 0 Å². The molecule has 3 heteroatoms. The van der Waals surface area contributed by atoms with Crippen LogP contribution < -0.4 is 5.32 Å². The van der Waals surface area contributed by atoms with Crippen LogP contribution in [0.2, 0.25) is 0 Å². The van der Waals surface area contributed by atoms with Crippen molar-refractivity contribution in [3.05, 3.63) is 48.0 Å². The van der Waals surface area contributed by atoms with Gasteiger partial charge in [-0.15, -0.1) is 0 Å². The van der Waals surface area contributed by atoms with Crippen LogP contribution in [0, 0.1) is 23.7 Å². The Labute approximate surface area is 138 Å². The first-order valence-electron chi connectivity index (χ1n) is 8.89. The molecule has 3 heterocycles. The molecule has 0 bridgehead atoms. The molecule has 5 unspecified atom stereocenters. The maximum atomic E-state index is 6.36. The van der Waals surface area contributed by atoms with Crippen molar-refractivity contribution in [2.24, 2.45) is 28.7 Å². The highest BCUT2D eigenvalue weighted by Crippen LogP contribution is 2.43. The molecule has 0 saturated heterocycles. The van der Waals surface area contributed by atoms with Crippen molar-refractivity contribution in [2.75, 3.05) is 0 Å². The summed E-state index contributed by atoms with van der Waals surface area (Å²) in [6.07, 6.45) is 15.7. The van der Waals surface area contributed by atoms with Crippen LogP contribution in [0.5, 0.6) is 0 Å². The second kappa shape index (κ2) is 5.70. The van der Waals surface area contributed by atoms with Gasteiger partial charge in [0.15, 0.2) is 5.88 Å². The molecule has 1 N–H and O–H groups in total. The number of fused-ring (bicyclic) bond motifs is 2. The van der Waals surface area contributed by atoms with Crippen molar-refractivity contribution in [1.82, 2.24) is 5.32 Å². The maximum Gasteiger partial charge on any atom is 0.191 e. The van der Waals surface area contributed by atoms with Crippen LogP contribution in [0.25, 0.3) is 0 Å². The van der Waals surface area contributed by atoms with E-state index < -0.39 is 0 Å². The van der Waals surface area contributed by atoms with E-state index in [1.54, 1.807) is 0 Å². The first kappa shape index (κ1) is 14.8. The Bertz CT molecular complexity index is 638. The molecular formula is C20H26N2O. The predicted octanol–water partition coefficient (Wildman–Crippen LogP) is 3.97. The number of dihydropyridines is 1. The van der Waals surface area contributed by atoms with Crippen LogP contribution in [-0.4, -0.2) is 17.9 Å². The summed E-state index contributed by atoms with van der Waals surface area (Å²) in [5.41, 5.74) is 2.63. The van der Waals surface area contributed by atoms with Gasteiger partial charge in [-0.1, -0.05) is 44.2 Å². The van der Waals surface area contributed by atoms with Crippen LogP contribution in [0.3, 0.4) is 0 Å². The zero-order chi connectivity index (χ0) is 16.0. The van der Waals surface area contributed by atoms with Gasteiger partial charge in [0.2, 0.25) is 0 Å². The van der Waals surface area contributed by atoms with Gasteiger partial charge in [0.25, 0.3) is 0 Å². The number of hydrogen-bond acceptors (Lipinski definition) is 3. The van der Waals surface area contributed by atoms with E-state index in [2.05, 4.69) is 56.5 Å². The number of nitrogens with zero attached hydrogens (tertiary/aromatic N) is 1. The van der Waals surface area contributed by atoms with Gasteiger partial charge in [0.05, 0.1) is 0 Å². The van der Waals surface area contributed by atoms with Gasteiger partial charge in [0, 0.05) is 35.4 Å². The summed E-state index contributed by atoms with van der Waals surface area (Å²) in [6.45, 7) is 6.75. The number of ether oxygens (including phenoxy) is 1. The molecule has 3 nitrogen and oxygen atoms in total. The second-order valence-electron chi connectivity index (χ2n) is 7.53. The van der Waals surface area contributed by atoms with E-state index in [1.807, 2.05) is 6.20 Å². The molecule has 4 aliphatic rings. The molecule has 3 aliphatic heterocycles. The zero-order valence-corrected chi connectivity index (χ0v) is 14.2. The third-order valence-electron chi connectivity index (χ3n) is 5.59. The number of nitrogens with one attached hydrogen (secondary N) is 1. The average Bonchev–Trinajstić information content (AvgIpc) is 2.92. The highest BCUT2D eigenvalue weighted by molar-refractivity contribution is 5.89. The quantitative estimate of drug-likeness (QED) is 0.783. The molecule has 0 amide bonds. The summed E-state index contributed by atoms with van der Waals surface area (Å²) < 4.78 is 6.36. The van der Waals surface area contributed by atoms with E-state index >= 15 is 0 Å². The molecule has 1 aliphatic carbocycles. The van der Waals surface area contributed by atoms with E-state index in [4.69, 9.17) is 9.73 Å². The summed E-state index contributed by atoms with van der Waals surface area (Å²) in [7, 11) is 0. The Morgan fingerprint density at radius 2 is 2.13 bits per heavy atom. The molecule has 122 valence electrons. The highest BCUT2D eigenvalue weighted by atomic mass is 16.5. The van der Waals surface area contributed by atoms with Crippen molar-refractivity contribution in [3.8, 4) is 0 Å². The topological polar surface area (TPSA) is 33.6 Å². The maximum absolute atomic E-state index is 6.36. The highest BCUT2D eigenvalue weighted by Gasteiger charge is 2.44. The van der Waals surface area contributed by atoms with E-state index in [0.29, 0.717) is 29.7 Å². The first-order valence-corrected chi connectivity index (χ1v) is 8.89. The summed E-state index contributed by atoms with van der Waals surface area (Å²) in [5, 5.41) is 3.47. The van der Waals surface area contributed by atoms with Gasteiger partial charge in [0.1, 0.15) is 6.10 Å². The molecule has 4 rings (SSSR count). The van der Waals surface area contributed by atoms with Crippen molar-refractivity contribution < 1.29 is 4.74 Å². The minimum Gasteiger partial charge on any atom is -0.474 e. The normalized spacial score (nSPS) is 38.1. The second-order valence-corrected chi connectivity index (χ2v) is 7.53. The number of allylic oxidation sites excluding steroid dienone is 3. The average molecular weight is 310 g/mol. The van der Waals surface area contributed by atoms with Crippen LogP contribution in [-0.2, 0) is 4.74 Å². The summed E-state index contributed by atoms with van der Waals surface area (Å²) in [4.78, 5) is 4.74. The predicted molar refractivity (Wildman–Crippen MR) is 93.9 cm³/mol. The Morgan fingerprint density at radius 3 is 2.96 bits per heavy atom. The van der Waals surface area contributed by atoms with Crippen molar-refractivity contribution in [3.63, 3.8) is 0 Å². The lowest BCUT2D eigenvalue weighted by Crippen LogP contribution is -2.37. The fraction of sp³-hybridized carbons (Fsp3) is 0.550. The standard InChI is InChI=1S/C20H26N2O/c1-12(2)14-9-10-21-18(11-14)17-6-4-5-15-16-8-7-13(3)22-20(16)23-19(15)17/h4-5,7-10,12-15,17,19,22H,6,11H2,1-3H3. The number of aliphatic imine (C=N–C) groups is 1. The Morgan fingerprint density at radius 1 is 1.26 bits per heavy atom. The van der Waals surface area contributed by atoms with E-state index in [9.17, 15) is 0 Å². The summed E-state index contributed by atoms with van der Waals surface area (Å²) in [6, 6.07) is 0.344. The Hall–Kier alpha value is -1.77. The van der Waals surface area contributed by atoms with E-state index in [-0.39, 0.29) is 6.10 Å². The largest absolute Gasteiger partial charge is 0.474 e. The third kappa shape index (κ3) is 2.56. The summed E-state index contributed by atoms with van der Waals surface area (Å²) >= 11 is 0. The fourth-order valence-electron chi connectivity index (χ4n) is 4.11. The van der Waals surface area contributed by atoms with E-state index in [0.717, 1.165) is 18.7 Å². The monoisotopic (exact) mass is 310 g/mol. The molecule has 0 aromatic carbocycles. The minimum absolute atomic E-state index is 0.200. The summed E-state index contributed by atoms with van der Waals surface area (Å²) in [5.74, 6) is 3.01. The SMILES string of the molecule is CC1C=CC2=C(N1)OC1C2C=CCC1C1=NC=CC(C(C)C)C1. The van der Waals surface area contributed by atoms with Gasteiger partial charge in [-0.05, 0) is 31.6 Å². The molecular weight excluding hydrogens is 284 g/mol.